The van der Waals surface area contributed by atoms with Crippen LogP contribution in [0.5, 0.6) is 0 Å². The van der Waals surface area contributed by atoms with Crippen LogP contribution in [0.3, 0.4) is 0 Å². The Hall–Kier alpha value is -1.37. The highest BCUT2D eigenvalue weighted by atomic mass is 16.1. The first-order chi connectivity index (χ1) is 11.2. The zero-order valence-corrected chi connectivity index (χ0v) is 13.3. The van der Waals surface area contributed by atoms with Crippen LogP contribution in [-0.2, 0) is 4.79 Å². The zero-order chi connectivity index (χ0) is 15.3. The van der Waals surface area contributed by atoms with Gasteiger partial charge in [-0.1, -0.05) is 0 Å². The maximum atomic E-state index is 12.5. The van der Waals surface area contributed by atoms with Crippen molar-refractivity contribution in [3.63, 3.8) is 0 Å². The Bertz CT molecular complexity index is 630. The minimum Gasteiger partial charge on any atom is -0.353 e. The first-order valence-corrected chi connectivity index (χ1v) is 9.39. The lowest BCUT2D eigenvalue weighted by atomic mass is 9.71. The van der Waals surface area contributed by atoms with E-state index in [1.807, 2.05) is 0 Å². The molecule has 7 aliphatic rings. The average Bonchev–Trinajstić information content (AvgIpc) is 2.91. The van der Waals surface area contributed by atoms with Gasteiger partial charge in [0.2, 0.25) is 5.91 Å². The highest BCUT2D eigenvalue weighted by Gasteiger charge is 2.80. The van der Waals surface area contributed by atoms with Crippen molar-refractivity contribution < 1.29 is 4.79 Å². The summed E-state index contributed by atoms with van der Waals surface area (Å²) in [5.74, 6) is 10.5. The molecule has 0 aromatic carbocycles. The van der Waals surface area contributed by atoms with Crippen LogP contribution in [0.25, 0.3) is 0 Å². The number of hydrogen-bond acceptors (Lipinski definition) is 3. The highest BCUT2D eigenvalue weighted by molar-refractivity contribution is 5.76. The maximum Gasteiger partial charge on any atom is 0.220 e. The van der Waals surface area contributed by atoms with E-state index in [-0.39, 0.29) is 11.6 Å². The predicted molar refractivity (Wildman–Crippen MR) is 84.0 cm³/mol. The number of rotatable bonds is 6. The lowest BCUT2D eigenvalue weighted by Crippen LogP contribution is -2.39. The highest BCUT2D eigenvalue weighted by Crippen LogP contribution is 2.82. The van der Waals surface area contributed by atoms with E-state index in [1.165, 1.54) is 12.8 Å². The minimum atomic E-state index is -0.319. The molecular formula is C19H23N3O. The van der Waals surface area contributed by atoms with Gasteiger partial charge in [0, 0.05) is 31.7 Å². The lowest BCUT2D eigenvalue weighted by Gasteiger charge is -2.33. The van der Waals surface area contributed by atoms with E-state index in [0.717, 1.165) is 60.2 Å². The van der Waals surface area contributed by atoms with E-state index in [9.17, 15) is 4.79 Å². The molecule has 0 spiro atoms. The largest absolute Gasteiger partial charge is 0.353 e. The van der Waals surface area contributed by atoms with Crippen molar-refractivity contribution in [2.24, 2.45) is 57.6 Å². The maximum absolute atomic E-state index is 12.5. The fraction of sp³-hybridized carbons (Fsp3) is 0.842. The van der Waals surface area contributed by atoms with Gasteiger partial charge in [-0.2, -0.15) is 10.2 Å². The number of carbonyl (C=O) groups excluding carboxylic acids is 1. The number of hydrogen-bond donors (Lipinski definition) is 1. The normalized spacial score (nSPS) is 53.4. The molecule has 7 rings (SSSR count). The summed E-state index contributed by atoms with van der Waals surface area (Å²) in [6.45, 7) is 0. The molecule has 8 unspecified atom stereocenters. The van der Waals surface area contributed by atoms with E-state index in [2.05, 4.69) is 21.5 Å². The molecule has 8 atom stereocenters. The molecule has 1 aliphatic heterocycles. The Labute approximate surface area is 136 Å². The molecule has 4 nitrogen and oxygen atoms in total. The van der Waals surface area contributed by atoms with Crippen LogP contribution < -0.4 is 5.32 Å². The molecule has 6 aliphatic carbocycles. The SMILES string of the molecule is C#CCCC1(CCC(=O)NC2C3C4CC5C6CC(C53)C2C64)N=N1. The Balaban J connectivity index is 1.10. The average molecular weight is 309 g/mol. The monoisotopic (exact) mass is 309 g/mol. The second-order valence-electron chi connectivity index (χ2n) is 8.92. The molecule has 1 heterocycles. The Kier molecular flexibility index (Phi) is 2.25. The van der Waals surface area contributed by atoms with Gasteiger partial charge in [-0.25, -0.2) is 0 Å². The standard InChI is InChI=1S/C19H23N3O/c1-2-3-5-19(21-22-19)6-4-13(23)20-18-16-11-7-9-10-8-12(14(9)16)17(18)15(10)11/h1,9-12,14-18H,3-8H2,(H,20,23). The van der Waals surface area contributed by atoms with Crippen molar-refractivity contribution >= 4 is 5.91 Å². The molecule has 0 aromatic rings. The van der Waals surface area contributed by atoms with E-state index in [1.54, 1.807) is 0 Å². The molecule has 6 bridgehead atoms. The second kappa shape index (κ2) is 3.99. The molecule has 23 heavy (non-hydrogen) atoms. The number of nitrogens with one attached hydrogen (secondary N) is 1. The summed E-state index contributed by atoms with van der Waals surface area (Å²) in [5.41, 5.74) is -0.319. The lowest BCUT2D eigenvalue weighted by molar-refractivity contribution is -0.122. The van der Waals surface area contributed by atoms with E-state index in [4.69, 9.17) is 6.42 Å². The molecule has 1 amide bonds. The van der Waals surface area contributed by atoms with Gasteiger partial charge in [0.05, 0.1) is 0 Å². The van der Waals surface area contributed by atoms with E-state index >= 15 is 0 Å². The van der Waals surface area contributed by atoms with Crippen molar-refractivity contribution in [1.82, 2.24) is 5.32 Å². The topological polar surface area (TPSA) is 53.8 Å². The van der Waals surface area contributed by atoms with Crippen LogP contribution in [0.4, 0.5) is 0 Å². The molecule has 4 heteroatoms. The molecule has 0 radical (unpaired) electrons. The Morgan fingerprint density at radius 3 is 2.26 bits per heavy atom. The molecule has 6 fully saturated rings. The molecule has 6 saturated carbocycles. The molecule has 120 valence electrons. The summed E-state index contributed by atoms with van der Waals surface area (Å²) < 4.78 is 0. The fourth-order valence-electron chi connectivity index (χ4n) is 8.05. The van der Waals surface area contributed by atoms with Gasteiger partial charge in [-0.15, -0.1) is 12.3 Å². The molecule has 1 N–H and O–H groups in total. The first kappa shape index (κ1) is 13.0. The van der Waals surface area contributed by atoms with Gasteiger partial charge in [-0.05, 0) is 60.2 Å². The van der Waals surface area contributed by atoms with Crippen LogP contribution >= 0.6 is 0 Å². The number of amides is 1. The summed E-state index contributed by atoms with van der Waals surface area (Å²) >= 11 is 0. The van der Waals surface area contributed by atoms with Crippen LogP contribution in [0, 0.1) is 59.7 Å². The van der Waals surface area contributed by atoms with Crippen molar-refractivity contribution in [3.05, 3.63) is 0 Å². The van der Waals surface area contributed by atoms with Crippen LogP contribution in [-0.4, -0.2) is 17.6 Å². The Morgan fingerprint density at radius 2 is 1.70 bits per heavy atom. The minimum absolute atomic E-state index is 0.222. The second-order valence-corrected chi connectivity index (χ2v) is 8.92. The van der Waals surface area contributed by atoms with Crippen LogP contribution in [0.2, 0.25) is 0 Å². The van der Waals surface area contributed by atoms with Crippen LogP contribution in [0.15, 0.2) is 10.2 Å². The summed E-state index contributed by atoms with van der Waals surface area (Å²) in [5, 5.41) is 11.7. The quantitative estimate of drug-likeness (QED) is 0.753. The molecular weight excluding hydrogens is 286 g/mol. The molecule has 0 aromatic heterocycles. The van der Waals surface area contributed by atoms with Crippen molar-refractivity contribution in [1.29, 1.82) is 0 Å². The van der Waals surface area contributed by atoms with E-state index < -0.39 is 0 Å². The third-order valence-corrected chi connectivity index (χ3v) is 8.46. The van der Waals surface area contributed by atoms with Gasteiger partial charge >= 0.3 is 0 Å². The summed E-state index contributed by atoms with van der Waals surface area (Å²) in [7, 11) is 0. The smallest absolute Gasteiger partial charge is 0.220 e. The number of terminal acetylenes is 1. The molecule has 0 saturated heterocycles. The third kappa shape index (κ3) is 1.44. The zero-order valence-electron chi connectivity index (χ0n) is 13.3. The van der Waals surface area contributed by atoms with Crippen molar-refractivity contribution in [2.45, 2.75) is 50.2 Å². The van der Waals surface area contributed by atoms with Gasteiger partial charge < -0.3 is 5.32 Å². The van der Waals surface area contributed by atoms with Gasteiger partial charge in [0.1, 0.15) is 0 Å². The third-order valence-electron chi connectivity index (χ3n) is 8.46. The van der Waals surface area contributed by atoms with Gasteiger partial charge in [0.15, 0.2) is 5.66 Å². The van der Waals surface area contributed by atoms with E-state index in [0.29, 0.717) is 18.9 Å². The number of nitrogens with zero attached hydrogens (tertiary/aromatic N) is 2. The van der Waals surface area contributed by atoms with Crippen LogP contribution in [0.1, 0.15) is 38.5 Å². The Morgan fingerprint density at radius 1 is 1.04 bits per heavy atom. The van der Waals surface area contributed by atoms with Gasteiger partial charge in [-0.3, -0.25) is 4.79 Å². The van der Waals surface area contributed by atoms with Crippen molar-refractivity contribution in [3.8, 4) is 12.3 Å². The summed E-state index contributed by atoms with van der Waals surface area (Å²) in [6, 6.07) is 0.500. The van der Waals surface area contributed by atoms with Gasteiger partial charge in [0.25, 0.3) is 0 Å². The van der Waals surface area contributed by atoms with Crippen molar-refractivity contribution in [2.75, 3.05) is 0 Å². The number of carbonyl (C=O) groups is 1. The summed E-state index contributed by atoms with van der Waals surface area (Å²) in [4.78, 5) is 12.5. The fourth-order valence-corrected chi connectivity index (χ4v) is 8.05. The summed E-state index contributed by atoms with van der Waals surface area (Å²) in [6.07, 6.45) is 11.0. The first-order valence-electron chi connectivity index (χ1n) is 9.39. The predicted octanol–water partition coefficient (Wildman–Crippen LogP) is 2.60.